The Labute approximate surface area is 161 Å². The van der Waals surface area contributed by atoms with Crippen molar-refractivity contribution in [1.29, 1.82) is 0 Å². The SMILES string of the molecule is Cc1ccc(OCC(=O)Nc2ccc(CN3CCN(C)CC3)cc2)c(C)c1. The van der Waals surface area contributed by atoms with Crippen molar-refractivity contribution in [3.05, 3.63) is 59.2 Å². The molecule has 144 valence electrons. The van der Waals surface area contributed by atoms with Gasteiger partial charge in [-0.2, -0.15) is 0 Å². The van der Waals surface area contributed by atoms with Gasteiger partial charge in [0.1, 0.15) is 5.75 Å². The van der Waals surface area contributed by atoms with Crippen LogP contribution < -0.4 is 10.1 Å². The largest absolute Gasteiger partial charge is 0.483 e. The molecule has 1 saturated heterocycles. The van der Waals surface area contributed by atoms with E-state index >= 15 is 0 Å². The summed E-state index contributed by atoms with van der Waals surface area (Å²) in [5, 5.41) is 2.90. The number of nitrogens with zero attached hydrogens (tertiary/aromatic N) is 2. The number of likely N-dealkylation sites (N-methyl/N-ethyl adjacent to an activating group) is 1. The third-order valence-electron chi connectivity index (χ3n) is 4.93. The van der Waals surface area contributed by atoms with E-state index in [4.69, 9.17) is 4.74 Å². The number of hydrogen-bond donors (Lipinski definition) is 1. The normalized spacial score (nSPS) is 15.5. The summed E-state index contributed by atoms with van der Waals surface area (Å²) in [4.78, 5) is 17.0. The number of ether oxygens (including phenoxy) is 1. The molecule has 0 saturated carbocycles. The lowest BCUT2D eigenvalue weighted by Gasteiger charge is -2.32. The van der Waals surface area contributed by atoms with Crippen LogP contribution in [-0.2, 0) is 11.3 Å². The van der Waals surface area contributed by atoms with Crippen LogP contribution in [0.25, 0.3) is 0 Å². The van der Waals surface area contributed by atoms with Gasteiger partial charge in [-0.05, 0) is 50.2 Å². The summed E-state index contributed by atoms with van der Waals surface area (Å²) < 4.78 is 5.64. The monoisotopic (exact) mass is 367 g/mol. The standard InChI is InChI=1S/C22H29N3O2/c1-17-4-9-21(18(2)14-17)27-16-22(26)23-20-7-5-19(6-8-20)15-25-12-10-24(3)11-13-25/h4-9,14H,10-13,15-16H2,1-3H3,(H,23,26). The van der Waals surface area contributed by atoms with E-state index in [1.165, 1.54) is 11.1 Å². The Hall–Kier alpha value is -2.37. The highest BCUT2D eigenvalue weighted by atomic mass is 16.5. The summed E-state index contributed by atoms with van der Waals surface area (Å²) in [7, 11) is 2.17. The molecule has 0 radical (unpaired) electrons. The van der Waals surface area contributed by atoms with Crippen LogP contribution in [0.4, 0.5) is 5.69 Å². The molecule has 5 nitrogen and oxygen atoms in total. The summed E-state index contributed by atoms with van der Waals surface area (Å²) in [6.07, 6.45) is 0. The summed E-state index contributed by atoms with van der Waals surface area (Å²) in [5.74, 6) is 0.597. The van der Waals surface area contributed by atoms with Crippen molar-refractivity contribution in [1.82, 2.24) is 9.80 Å². The Kier molecular flexibility index (Phi) is 6.48. The summed E-state index contributed by atoms with van der Waals surface area (Å²) in [6.45, 7) is 9.43. The number of nitrogens with one attached hydrogen (secondary N) is 1. The quantitative estimate of drug-likeness (QED) is 0.852. The predicted molar refractivity (Wildman–Crippen MR) is 109 cm³/mol. The van der Waals surface area contributed by atoms with E-state index in [9.17, 15) is 4.79 Å². The molecule has 5 heteroatoms. The van der Waals surface area contributed by atoms with Gasteiger partial charge >= 0.3 is 0 Å². The van der Waals surface area contributed by atoms with Gasteiger partial charge < -0.3 is 15.0 Å². The third-order valence-corrected chi connectivity index (χ3v) is 4.93. The van der Waals surface area contributed by atoms with Crippen molar-refractivity contribution in [3.63, 3.8) is 0 Å². The van der Waals surface area contributed by atoms with Gasteiger partial charge in [-0.25, -0.2) is 0 Å². The van der Waals surface area contributed by atoms with Crippen LogP contribution in [-0.4, -0.2) is 55.5 Å². The average Bonchev–Trinajstić information content (AvgIpc) is 2.64. The topological polar surface area (TPSA) is 44.8 Å². The summed E-state index contributed by atoms with van der Waals surface area (Å²) in [5.41, 5.74) is 4.28. The molecule has 1 heterocycles. The van der Waals surface area contributed by atoms with Gasteiger partial charge in [-0.1, -0.05) is 29.8 Å². The van der Waals surface area contributed by atoms with E-state index in [2.05, 4.69) is 34.3 Å². The highest BCUT2D eigenvalue weighted by molar-refractivity contribution is 5.91. The molecule has 1 aliphatic rings. The van der Waals surface area contributed by atoms with Gasteiger partial charge in [-0.3, -0.25) is 9.69 Å². The molecule has 1 amide bonds. The van der Waals surface area contributed by atoms with Crippen LogP contribution in [0, 0.1) is 13.8 Å². The molecule has 0 bridgehead atoms. The number of benzene rings is 2. The first kappa shape index (κ1) is 19.4. The minimum absolute atomic E-state index is 0.00689. The summed E-state index contributed by atoms with van der Waals surface area (Å²) >= 11 is 0. The predicted octanol–water partition coefficient (Wildman–Crippen LogP) is 3.07. The Morgan fingerprint density at radius 1 is 1.04 bits per heavy atom. The zero-order chi connectivity index (χ0) is 19.2. The second kappa shape index (κ2) is 9.02. The maximum absolute atomic E-state index is 12.1. The molecule has 0 spiro atoms. The van der Waals surface area contributed by atoms with Gasteiger partial charge in [0.25, 0.3) is 5.91 Å². The number of rotatable bonds is 6. The fraction of sp³-hybridized carbons (Fsp3) is 0.409. The van der Waals surface area contributed by atoms with Crippen LogP contribution in [0.3, 0.4) is 0 Å². The van der Waals surface area contributed by atoms with E-state index in [0.29, 0.717) is 0 Å². The second-order valence-electron chi connectivity index (χ2n) is 7.38. The first-order valence-corrected chi connectivity index (χ1v) is 9.49. The maximum Gasteiger partial charge on any atom is 0.262 e. The molecule has 2 aromatic carbocycles. The van der Waals surface area contributed by atoms with Gasteiger partial charge in [0, 0.05) is 38.4 Å². The fourth-order valence-corrected chi connectivity index (χ4v) is 3.26. The Morgan fingerprint density at radius 2 is 1.74 bits per heavy atom. The first-order chi connectivity index (χ1) is 13.0. The van der Waals surface area contributed by atoms with Gasteiger partial charge in [-0.15, -0.1) is 0 Å². The molecule has 27 heavy (non-hydrogen) atoms. The molecule has 1 aliphatic heterocycles. The lowest BCUT2D eigenvalue weighted by atomic mass is 10.1. The summed E-state index contributed by atoms with van der Waals surface area (Å²) in [6, 6.07) is 14.0. The van der Waals surface area contributed by atoms with Crippen LogP contribution in [0.1, 0.15) is 16.7 Å². The van der Waals surface area contributed by atoms with Gasteiger partial charge in [0.15, 0.2) is 6.61 Å². The number of piperazine rings is 1. The van der Waals surface area contributed by atoms with Crippen molar-refractivity contribution in [3.8, 4) is 5.75 Å². The average molecular weight is 367 g/mol. The third kappa shape index (κ3) is 5.81. The zero-order valence-corrected chi connectivity index (χ0v) is 16.5. The van der Waals surface area contributed by atoms with Crippen LogP contribution >= 0.6 is 0 Å². The maximum atomic E-state index is 12.1. The first-order valence-electron chi connectivity index (χ1n) is 9.49. The number of hydrogen-bond acceptors (Lipinski definition) is 4. The number of anilines is 1. The second-order valence-corrected chi connectivity index (χ2v) is 7.38. The molecule has 1 fully saturated rings. The van der Waals surface area contributed by atoms with Crippen molar-refractivity contribution in [2.75, 3.05) is 45.2 Å². The minimum atomic E-state index is -0.151. The molecule has 3 rings (SSSR count). The van der Waals surface area contributed by atoms with E-state index < -0.39 is 0 Å². The van der Waals surface area contributed by atoms with E-state index in [0.717, 1.165) is 49.7 Å². The lowest BCUT2D eigenvalue weighted by Crippen LogP contribution is -2.43. The fourth-order valence-electron chi connectivity index (χ4n) is 3.26. The molecule has 1 N–H and O–H groups in total. The Morgan fingerprint density at radius 3 is 2.41 bits per heavy atom. The number of carbonyl (C=O) groups excluding carboxylic acids is 1. The van der Waals surface area contributed by atoms with Crippen LogP contribution in [0.2, 0.25) is 0 Å². The highest BCUT2D eigenvalue weighted by Crippen LogP contribution is 2.19. The zero-order valence-electron chi connectivity index (χ0n) is 16.5. The molecule has 0 aliphatic carbocycles. The number of aryl methyl sites for hydroxylation is 2. The van der Waals surface area contributed by atoms with E-state index in [1.807, 2.05) is 44.2 Å². The smallest absolute Gasteiger partial charge is 0.262 e. The molecule has 2 aromatic rings. The van der Waals surface area contributed by atoms with Crippen LogP contribution in [0.15, 0.2) is 42.5 Å². The molecular weight excluding hydrogens is 338 g/mol. The number of carbonyl (C=O) groups is 1. The lowest BCUT2D eigenvalue weighted by molar-refractivity contribution is -0.118. The molecule has 0 aromatic heterocycles. The van der Waals surface area contributed by atoms with Gasteiger partial charge in [0.2, 0.25) is 0 Å². The van der Waals surface area contributed by atoms with E-state index in [1.54, 1.807) is 0 Å². The van der Waals surface area contributed by atoms with Gasteiger partial charge in [0.05, 0.1) is 0 Å². The Balaban J connectivity index is 1.46. The molecule has 0 unspecified atom stereocenters. The van der Waals surface area contributed by atoms with Crippen molar-refractivity contribution < 1.29 is 9.53 Å². The highest BCUT2D eigenvalue weighted by Gasteiger charge is 2.13. The number of amides is 1. The van der Waals surface area contributed by atoms with Crippen molar-refractivity contribution >= 4 is 11.6 Å². The Bertz CT molecular complexity index is 766. The minimum Gasteiger partial charge on any atom is -0.483 e. The molecule has 0 atom stereocenters. The van der Waals surface area contributed by atoms with Crippen molar-refractivity contribution in [2.24, 2.45) is 0 Å². The van der Waals surface area contributed by atoms with Crippen LogP contribution in [0.5, 0.6) is 5.75 Å². The van der Waals surface area contributed by atoms with E-state index in [-0.39, 0.29) is 12.5 Å². The molecular formula is C22H29N3O2. The van der Waals surface area contributed by atoms with Crippen molar-refractivity contribution in [2.45, 2.75) is 20.4 Å².